The quantitative estimate of drug-likeness (QED) is 0.395. The smallest absolute Gasteiger partial charge is 0.306 e. The summed E-state index contributed by atoms with van der Waals surface area (Å²) in [6.07, 6.45) is 0. The third kappa shape index (κ3) is 2.70. The first-order valence-electron chi connectivity index (χ1n) is 4.93. The normalized spacial score (nSPS) is 10.2. The van der Waals surface area contributed by atoms with Crippen molar-refractivity contribution in [2.24, 2.45) is 5.84 Å². The number of aryl methyl sites for hydroxylation is 1. The lowest BCUT2D eigenvalue weighted by Crippen LogP contribution is -2.34. The van der Waals surface area contributed by atoms with Crippen LogP contribution < -0.4 is 16.6 Å². The van der Waals surface area contributed by atoms with E-state index in [0.29, 0.717) is 5.92 Å². The zero-order valence-electron chi connectivity index (χ0n) is 9.29. The molecular weight excluding hydrogens is 190 g/mol. The zero-order valence-corrected chi connectivity index (χ0v) is 9.29. The number of nitrogens with two attached hydrogens (primary N) is 1. The zero-order chi connectivity index (χ0) is 11.4. The largest absolute Gasteiger partial charge is 0.333 e. The maximum Gasteiger partial charge on any atom is 0.333 e. The highest BCUT2D eigenvalue weighted by atomic mass is 16.2. The Kier molecular flexibility index (Phi) is 3.68. The van der Waals surface area contributed by atoms with Gasteiger partial charge in [-0.25, -0.2) is 10.6 Å². The van der Waals surface area contributed by atoms with Crippen molar-refractivity contribution in [1.29, 1.82) is 0 Å². The van der Waals surface area contributed by atoms with Gasteiger partial charge in [0.2, 0.25) is 0 Å². The number of carbonyl (C=O) groups excluding carboxylic acids is 1. The number of anilines is 1. The predicted octanol–water partition coefficient (Wildman–Crippen LogP) is 2.11. The van der Waals surface area contributed by atoms with Crippen molar-refractivity contribution in [3.8, 4) is 0 Å². The minimum atomic E-state index is -0.397. The molecule has 1 aromatic carbocycles. The molecule has 1 rings (SSSR count). The Balaban J connectivity index is 3.07. The number of benzene rings is 1. The van der Waals surface area contributed by atoms with Gasteiger partial charge in [0.25, 0.3) is 0 Å². The van der Waals surface area contributed by atoms with Crippen LogP contribution in [-0.4, -0.2) is 6.03 Å². The van der Waals surface area contributed by atoms with E-state index in [1.807, 2.05) is 25.1 Å². The standard InChI is InChI=1S/C11H17N3O/c1-7(2)9-6-4-5-8(3)10(9)13-11(15)14-12/h4-7H,12H2,1-3H3,(H2,13,14,15). The summed E-state index contributed by atoms with van der Waals surface area (Å²) in [5.41, 5.74) is 5.04. The highest BCUT2D eigenvalue weighted by Gasteiger charge is 2.10. The molecule has 0 fully saturated rings. The fourth-order valence-electron chi connectivity index (χ4n) is 1.49. The number of hydrogen-bond donors (Lipinski definition) is 3. The van der Waals surface area contributed by atoms with Crippen molar-refractivity contribution < 1.29 is 4.79 Å². The van der Waals surface area contributed by atoms with Crippen LogP contribution in [0.4, 0.5) is 10.5 Å². The topological polar surface area (TPSA) is 67.2 Å². The summed E-state index contributed by atoms with van der Waals surface area (Å²) in [6, 6.07) is 5.55. The molecule has 0 radical (unpaired) electrons. The van der Waals surface area contributed by atoms with Crippen molar-refractivity contribution in [2.75, 3.05) is 5.32 Å². The van der Waals surface area contributed by atoms with E-state index in [-0.39, 0.29) is 0 Å². The van der Waals surface area contributed by atoms with Crippen LogP contribution in [0, 0.1) is 6.92 Å². The van der Waals surface area contributed by atoms with Crippen molar-refractivity contribution in [3.63, 3.8) is 0 Å². The van der Waals surface area contributed by atoms with E-state index in [4.69, 9.17) is 5.84 Å². The van der Waals surface area contributed by atoms with Crippen molar-refractivity contribution in [3.05, 3.63) is 29.3 Å². The summed E-state index contributed by atoms with van der Waals surface area (Å²) < 4.78 is 0. The summed E-state index contributed by atoms with van der Waals surface area (Å²) in [7, 11) is 0. The monoisotopic (exact) mass is 207 g/mol. The van der Waals surface area contributed by atoms with Gasteiger partial charge in [-0.3, -0.25) is 5.43 Å². The maximum atomic E-state index is 11.2. The Hall–Kier alpha value is -1.55. The molecular formula is C11H17N3O. The minimum Gasteiger partial charge on any atom is -0.306 e. The maximum absolute atomic E-state index is 11.2. The second kappa shape index (κ2) is 4.79. The summed E-state index contributed by atoms with van der Waals surface area (Å²) in [5, 5.41) is 2.73. The molecule has 0 aliphatic rings. The van der Waals surface area contributed by atoms with E-state index < -0.39 is 6.03 Å². The fraction of sp³-hybridized carbons (Fsp3) is 0.364. The first-order chi connectivity index (χ1) is 7.06. The molecule has 82 valence electrons. The molecule has 15 heavy (non-hydrogen) atoms. The van der Waals surface area contributed by atoms with Crippen LogP contribution in [0.25, 0.3) is 0 Å². The molecule has 1 aromatic rings. The highest BCUT2D eigenvalue weighted by Crippen LogP contribution is 2.27. The first kappa shape index (κ1) is 11.5. The van der Waals surface area contributed by atoms with Crippen molar-refractivity contribution >= 4 is 11.7 Å². The van der Waals surface area contributed by atoms with Crippen LogP contribution in [0.3, 0.4) is 0 Å². The van der Waals surface area contributed by atoms with Gasteiger partial charge in [0.1, 0.15) is 0 Å². The third-order valence-electron chi connectivity index (χ3n) is 2.30. The van der Waals surface area contributed by atoms with Gasteiger partial charge in [-0.2, -0.15) is 0 Å². The Bertz CT molecular complexity index is 361. The summed E-state index contributed by atoms with van der Waals surface area (Å²) in [5.74, 6) is 5.39. The molecule has 0 aromatic heterocycles. The molecule has 4 nitrogen and oxygen atoms in total. The van der Waals surface area contributed by atoms with Gasteiger partial charge in [-0.15, -0.1) is 0 Å². The average molecular weight is 207 g/mol. The number of amides is 2. The van der Waals surface area contributed by atoms with Gasteiger partial charge in [0.15, 0.2) is 0 Å². The molecule has 0 spiro atoms. The van der Waals surface area contributed by atoms with Crippen LogP contribution in [0.2, 0.25) is 0 Å². The minimum absolute atomic E-state index is 0.359. The van der Waals surface area contributed by atoms with Gasteiger partial charge < -0.3 is 5.32 Å². The number of carbonyl (C=O) groups is 1. The molecule has 4 heteroatoms. The molecule has 0 heterocycles. The molecule has 0 aliphatic carbocycles. The molecule has 0 saturated carbocycles. The Morgan fingerprint density at radius 1 is 1.40 bits per heavy atom. The molecule has 0 bridgehead atoms. The number of hydrazine groups is 1. The molecule has 0 saturated heterocycles. The van der Waals surface area contributed by atoms with E-state index in [0.717, 1.165) is 16.8 Å². The van der Waals surface area contributed by atoms with Crippen LogP contribution in [0.15, 0.2) is 18.2 Å². The summed E-state index contributed by atoms with van der Waals surface area (Å²) >= 11 is 0. The molecule has 0 unspecified atom stereocenters. The van der Waals surface area contributed by atoms with E-state index in [2.05, 4.69) is 24.6 Å². The van der Waals surface area contributed by atoms with Gasteiger partial charge in [0.05, 0.1) is 0 Å². The van der Waals surface area contributed by atoms with Crippen molar-refractivity contribution in [2.45, 2.75) is 26.7 Å². The number of rotatable bonds is 2. The molecule has 2 amide bonds. The van der Waals surface area contributed by atoms with Crippen LogP contribution in [-0.2, 0) is 0 Å². The number of nitrogens with one attached hydrogen (secondary N) is 2. The van der Waals surface area contributed by atoms with Crippen LogP contribution in [0.5, 0.6) is 0 Å². The van der Waals surface area contributed by atoms with Gasteiger partial charge in [-0.05, 0) is 24.0 Å². The summed E-state index contributed by atoms with van der Waals surface area (Å²) in [4.78, 5) is 11.2. The lowest BCUT2D eigenvalue weighted by molar-refractivity contribution is 0.252. The number of urea groups is 1. The van der Waals surface area contributed by atoms with Gasteiger partial charge in [0, 0.05) is 5.69 Å². The van der Waals surface area contributed by atoms with Crippen LogP contribution >= 0.6 is 0 Å². The molecule has 0 aliphatic heterocycles. The lowest BCUT2D eigenvalue weighted by atomic mass is 9.98. The average Bonchev–Trinajstić information content (AvgIpc) is 2.20. The second-order valence-corrected chi connectivity index (χ2v) is 3.79. The number of para-hydroxylation sites is 1. The van der Waals surface area contributed by atoms with Crippen LogP contribution in [0.1, 0.15) is 30.9 Å². The third-order valence-corrected chi connectivity index (χ3v) is 2.30. The molecule has 0 atom stereocenters. The first-order valence-corrected chi connectivity index (χ1v) is 4.93. The Morgan fingerprint density at radius 2 is 2.07 bits per heavy atom. The fourth-order valence-corrected chi connectivity index (χ4v) is 1.49. The van der Waals surface area contributed by atoms with Gasteiger partial charge >= 0.3 is 6.03 Å². The highest BCUT2D eigenvalue weighted by molar-refractivity contribution is 5.90. The van der Waals surface area contributed by atoms with E-state index in [1.54, 1.807) is 0 Å². The number of hydrogen-bond acceptors (Lipinski definition) is 2. The predicted molar refractivity (Wildman–Crippen MR) is 61.6 cm³/mol. The Morgan fingerprint density at radius 3 is 2.60 bits per heavy atom. The van der Waals surface area contributed by atoms with E-state index in [9.17, 15) is 4.79 Å². The second-order valence-electron chi connectivity index (χ2n) is 3.79. The van der Waals surface area contributed by atoms with Gasteiger partial charge in [-0.1, -0.05) is 32.0 Å². The van der Waals surface area contributed by atoms with E-state index in [1.165, 1.54) is 0 Å². The van der Waals surface area contributed by atoms with E-state index >= 15 is 0 Å². The van der Waals surface area contributed by atoms with Crippen molar-refractivity contribution in [1.82, 2.24) is 5.43 Å². The lowest BCUT2D eigenvalue weighted by Gasteiger charge is -2.15. The summed E-state index contributed by atoms with van der Waals surface area (Å²) in [6.45, 7) is 6.12. The molecule has 4 N–H and O–H groups in total. The Labute approximate surface area is 89.8 Å². The SMILES string of the molecule is Cc1cccc(C(C)C)c1NC(=O)NN.